The molecule has 0 saturated carbocycles. The van der Waals surface area contributed by atoms with E-state index in [0.29, 0.717) is 13.1 Å². The first-order chi connectivity index (χ1) is 7.13. The van der Waals surface area contributed by atoms with Crippen LogP contribution < -0.4 is 5.32 Å². The third kappa shape index (κ3) is 3.55. The Kier molecular flexibility index (Phi) is 4.05. The van der Waals surface area contributed by atoms with Crippen LogP contribution in [0.25, 0.3) is 6.20 Å². The number of nitrogens with zero attached hydrogens (tertiary/aromatic N) is 3. The monoisotopic (exact) mass is 208 g/mol. The number of carbonyl (C=O) groups excluding carboxylic acids is 1. The highest BCUT2D eigenvalue weighted by atomic mass is 16.2. The Labute approximate surface area is 89.4 Å². The molecule has 1 amide bonds. The Bertz CT molecular complexity index is 343. The minimum Gasteiger partial charge on any atom is -0.348 e. The lowest BCUT2D eigenvalue weighted by molar-refractivity contribution is -0.127. The van der Waals surface area contributed by atoms with E-state index in [4.69, 9.17) is 0 Å². The summed E-state index contributed by atoms with van der Waals surface area (Å²) >= 11 is 0. The molecule has 0 aliphatic heterocycles. The van der Waals surface area contributed by atoms with Crippen LogP contribution in [0.2, 0.25) is 0 Å². The molecule has 0 unspecified atom stereocenters. The van der Waals surface area contributed by atoms with Crippen LogP contribution in [0.15, 0.2) is 19.0 Å². The lowest BCUT2D eigenvalue weighted by atomic mass is 10.3. The van der Waals surface area contributed by atoms with Gasteiger partial charge in [-0.15, -0.1) is 0 Å². The SMILES string of the molecule is C=Cn1cc(CNCC(=O)N(C)C)cn1. The number of nitrogens with one attached hydrogen (secondary N) is 1. The standard InChI is InChI=1S/C10H16N4O/c1-4-14-8-9(6-12-14)5-11-7-10(15)13(2)3/h4,6,8,11H,1,5,7H2,2-3H3. The van der Waals surface area contributed by atoms with Crippen LogP contribution in [0.1, 0.15) is 5.56 Å². The zero-order valence-electron chi connectivity index (χ0n) is 9.10. The number of amides is 1. The molecule has 0 aromatic carbocycles. The minimum atomic E-state index is 0.0612. The van der Waals surface area contributed by atoms with Gasteiger partial charge in [0.05, 0.1) is 12.7 Å². The van der Waals surface area contributed by atoms with Gasteiger partial charge >= 0.3 is 0 Å². The van der Waals surface area contributed by atoms with Gasteiger partial charge in [-0.3, -0.25) is 4.79 Å². The second kappa shape index (κ2) is 5.31. The van der Waals surface area contributed by atoms with Gasteiger partial charge < -0.3 is 10.2 Å². The molecule has 5 nitrogen and oxygen atoms in total. The van der Waals surface area contributed by atoms with Crippen LogP contribution in [0.3, 0.4) is 0 Å². The van der Waals surface area contributed by atoms with Crippen LogP contribution in [0, 0.1) is 0 Å². The van der Waals surface area contributed by atoms with E-state index in [-0.39, 0.29) is 5.91 Å². The molecular weight excluding hydrogens is 192 g/mol. The topological polar surface area (TPSA) is 50.2 Å². The van der Waals surface area contributed by atoms with Crippen LogP contribution in [0.4, 0.5) is 0 Å². The smallest absolute Gasteiger partial charge is 0.236 e. The molecule has 1 aromatic rings. The van der Waals surface area contributed by atoms with Gasteiger partial charge in [0.15, 0.2) is 0 Å². The maximum atomic E-state index is 11.2. The predicted molar refractivity (Wildman–Crippen MR) is 59.0 cm³/mol. The Morgan fingerprint density at radius 2 is 2.47 bits per heavy atom. The van der Waals surface area contributed by atoms with Crippen molar-refractivity contribution in [2.45, 2.75) is 6.54 Å². The second-order valence-corrected chi connectivity index (χ2v) is 3.40. The molecule has 0 fully saturated rings. The van der Waals surface area contributed by atoms with Crippen molar-refractivity contribution in [3.63, 3.8) is 0 Å². The average molecular weight is 208 g/mol. The van der Waals surface area contributed by atoms with E-state index in [0.717, 1.165) is 5.56 Å². The van der Waals surface area contributed by atoms with Crippen LogP contribution in [-0.2, 0) is 11.3 Å². The Morgan fingerprint density at radius 1 is 1.73 bits per heavy atom. The molecule has 0 atom stereocenters. The van der Waals surface area contributed by atoms with Gasteiger partial charge in [-0.2, -0.15) is 5.10 Å². The van der Waals surface area contributed by atoms with Gasteiger partial charge in [-0.1, -0.05) is 6.58 Å². The summed E-state index contributed by atoms with van der Waals surface area (Å²) in [7, 11) is 3.47. The lowest BCUT2D eigenvalue weighted by Crippen LogP contribution is -2.32. The minimum absolute atomic E-state index is 0.0612. The third-order valence-electron chi connectivity index (χ3n) is 1.95. The molecule has 0 aliphatic carbocycles. The summed E-state index contributed by atoms with van der Waals surface area (Å²) < 4.78 is 1.63. The quantitative estimate of drug-likeness (QED) is 0.750. The summed E-state index contributed by atoms with van der Waals surface area (Å²) in [5.41, 5.74) is 1.03. The van der Waals surface area contributed by atoms with E-state index in [1.54, 1.807) is 36.1 Å². The average Bonchev–Trinajstić information content (AvgIpc) is 2.65. The number of hydrogen-bond acceptors (Lipinski definition) is 3. The van der Waals surface area contributed by atoms with E-state index in [2.05, 4.69) is 17.0 Å². The first kappa shape index (κ1) is 11.5. The van der Waals surface area contributed by atoms with E-state index in [1.165, 1.54) is 0 Å². The van der Waals surface area contributed by atoms with E-state index < -0.39 is 0 Å². The molecule has 0 aliphatic rings. The number of likely N-dealkylation sites (N-methyl/N-ethyl adjacent to an activating group) is 1. The maximum Gasteiger partial charge on any atom is 0.236 e. The van der Waals surface area contributed by atoms with E-state index in [1.807, 2.05) is 6.20 Å². The number of hydrogen-bond donors (Lipinski definition) is 1. The van der Waals surface area contributed by atoms with E-state index in [9.17, 15) is 4.79 Å². The normalized spacial score (nSPS) is 10.0. The van der Waals surface area contributed by atoms with Gasteiger partial charge in [-0.25, -0.2) is 4.68 Å². The Balaban J connectivity index is 2.31. The summed E-state index contributed by atoms with van der Waals surface area (Å²) in [5.74, 6) is 0.0612. The third-order valence-corrected chi connectivity index (χ3v) is 1.95. The number of rotatable bonds is 5. The molecule has 15 heavy (non-hydrogen) atoms. The second-order valence-electron chi connectivity index (χ2n) is 3.40. The van der Waals surface area contributed by atoms with Crippen molar-refractivity contribution in [2.75, 3.05) is 20.6 Å². The Morgan fingerprint density at radius 3 is 3.00 bits per heavy atom. The summed E-state index contributed by atoms with van der Waals surface area (Å²) in [4.78, 5) is 12.8. The van der Waals surface area contributed by atoms with Crippen molar-refractivity contribution < 1.29 is 4.79 Å². The zero-order valence-corrected chi connectivity index (χ0v) is 9.10. The fourth-order valence-electron chi connectivity index (χ4n) is 1.04. The molecule has 0 saturated heterocycles. The summed E-state index contributed by atoms with van der Waals surface area (Å²) in [5, 5.41) is 7.07. The maximum absolute atomic E-state index is 11.2. The van der Waals surface area contributed by atoms with Crippen LogP contribution in [0.5, 0.6) is 0 Å². The molecular formula is C10H16N4O. The molecule has 82 valence electrons. The van der Waals surface area contributed by atoms with Crippen molar-refractivity contribution in [1.29, 1.82) is 0 Å². The van der Waals surface area contributed by atoms with Gasteiger partial charge in [0, 0.05) is 38.6 Å². The highest BCUT2D eigenvalue weighted by Gasteiger charge is 2.03. The molecule has 1 rings (SSSR count). The first-order valence-corrected chi connectivity index (χ1v) is 4.70. The number of carbonyl (C=O) groups is 1. The van der Waals surface area contributed by atoms with Gasteiger partial charge in [-0.05, 0) is 0 Å². The summed E-state index contributed by atoms with van der Waals surface area (Å²) in [6, 6.07) is 0. The predicted octanol–water partition coefficient (Wildman–Crippen LogP) is 0.161. The molecule has 0 radical (unpaired) electrons. The summed E-state index contributed by atoms with van der Waals surface area (Å²) in [6.07, 6.45) is 5.23. The largest absolute Gasteiger partial charge is 0.348 e. The van der Waals surface area contributed by atoms with Crippen molar-refractivity contribution in [3.8, 4) is 0 Å². The zero-order chi connectivity index (χ0) is 11.3. The van der Waals surface area contributed by atoms with Crippen LogP contribution >= 0.6 is 0 Å². The molecule has 1 N–H and O–H groups in total. The van der Waals surface area contributed by atoms with Crippen molar-refractivity contribution in [2.24, 2.45) is 0 Å². The van der Waals surface area contributed by atoms with Gasteiger partial charge in [0.25, 0.3) is 0 Å². The van der Waals surface area contributed by atoms with E-state index >= 15 is 0 Å². The molecule has 1 heterocycles. The van der Waals surface area contributed by atoms with Crippen molar-refractivity contribution in [3.05, 3.63) is 24.5 Å². The molecule has 0 spiro atoms. The Hall–Kier alpha value is -1.62. The molecule has 5 heteroatoms. The number of aromatic nitrogens is 2. The lowest BCUT2D eigenvalue weighted by Gasteiger charge is -2.10. The summed E-state index contributed by atoms with van der Waals surface area (Å²) in [6.45, 7) is 4.57. The highest BCUT2D eigenvalue weighted by molar-refractivity contribution is 5.77. The first-order valence-electron chi connectivity index (χ1n) is 4.70. The molecule has 0 bridgehead atoms. The highest BCUT2D eigenvalue weighted by Crippen LogP contribution is 1.96. The molecule has 1 aromatic heterocycles. The van der Waals surface area contributed by atoms with Gasteiger partial charge in [0.1, 0.15) is 0 Å². The van der Waals surface area contributed by atoms with Gasteiger partial charge in [0.2, 0.25) is 5.91 Å². The fourth-order valence-corrected chi connectivity index (χ4v) is 1.04. The van der Waals surface area contributed by atoms with Crippen molar-refractivity contribution in [1.82, 2.24) is 20.0 Å². The van der Waals surface area contributed by atoms with Crippen LogP contribution in [-0.4, -0.2) is 41.2 Å². The van der Waals surface area contributed by atoms with Crippen molar-refractivity contribution >= 4 is 12.1 Å². The fraction of sp³-hybridized carbons (Fsp3) is 0.400.